The molecule has 0 aliphatic heterocycles. The average Bonchev–Trinajstić information content (AvgIpc) is 2.29. The van der Waals surface area contributed by atoms with Crippen LogP contribution in [0.5, 0.6) is 0 Å². The average molecular weight is 260 g/mol. The molecule has 0 aliphatic rings. The summed E-state index contributed by atoms with van der Waals surface area (Å²) in [6, 6.07) is 0. The zero-order valence-electron chi connectivity index (χ0n) is 11.0. The minimum absolute atomic E-state index is 1.01. The van der Waals surface area contributed by atoms with Gasteiger partial charge in [-0.2, -0.15) is 0 Å². The topological polar surface area (TPSA) is 6.48 Å². The van der Waals surface area contributed by atoms with Crippen molar-refractivity contribution in [3.8, 4) is 0 Å². The number of rotatable bonds is 9. The van der Waals surface area contributed by atoms with Crippen LogP contribution < -0.4 is 0 Å². The van der Waals surface area contributed by atoms with Crippen LogP contribution in [0.3, 0.4) is 0 Å². The highest BCUT2D eigenvalue weighted by Gasteiger charge is 2.08. The molecule has 4 heteroatoms. The molecule has 16 heavy (non-hydrogen) atoms. The van der Waals surface area contributed by atoms with E-state index in [1.165, 1.54) is 0 Å². The third kappa shape index (κ3) is 5.21. The zero-order valence-corrected chi connectivity index (χ0v) is 12.6. The Hall–Kier alpha value is -0.220. The van der Waals surface area contributed by atoms with Crippen molar-refractivity contribution in [3.05, 3.63) is 23.2 Å². The van der Waals surface area contributed by atoms with Gasteiger partial charge in [0.15, 0.2) is 0 Å². The van der Waals surface area contributed by atoms with Gasteiger partial charge >= 0.3 is 0 Å². The van der Waals surface area contributed by atoms with E-state index in [0.29, 0.717) is 0 Å². The number of hydrogen-bond acceptors (Lipinski definition) is 4. The Morgan fingerprint density at radius 1 is 0.750 bits per heavy atom. The Morgan fingerprint density at radius 2 is 1.00 bits per heavy atom. The molecule has 0 aromatic heterocycles. The summed E-state index contributed by atoms with van der Waals surface area (Å²) < 4.78 is 0. The molecule has 94 valence electrons. The van der Waals surface area contributed by atoms with Crippen LogP contribution in [0.15, 0.2) is 23.2 Å². The van der Waals surface area contributed by atoms with Crippen molar-refractivity contribution < 1.29 is 0 Å². The molecule has 0 fully saturated rings. The Kier molecular flexibility index (Phi) is 8.76. The maximum absolute atomic E-state index is 4.09. The maximum atomic E-state index is 4.09. The molecule has 0 N–H and O–H groups in total. The molecule has 0 aromatic carbocycles. The monoisotopic (exact) mass is 260 g/mol. The molecular weight excluding hydrogens is 236 g/mol. The van der Waals surface area contributed by atoms with Crippen molar-refractivity contribution >= 4 is 21.6 Å². The Morgan fingerprint density at radius 3 is 1.19 bits per heavy atom. The lowest BCUT2D eigenvalue weighted by Crippen LogP contribution is -2.21. The summed E-state index contributed by atoms with van der Waals surface area (Å²) >= 11 is 0. The first-order valence-corrected chi connectivity index (χ1v) is 7.97. The Balaban J connectivity index is 4.04. The van der Waals surface area contributed by atoms with E-state index in [9.17, 15) is 0 Å². The van der Waals surface area contributed by atoms with Crippen LogP contribution in [0.4, 0.5) is 0 Å². The van der Waals surface area contributed by atoms with Crippen LogP contribution in [0, 0.1) is 0 Å². The second-order valence-electron chi connectivity index (χ2n) is 3.30. The summed E-state index contributed by atoms with van der Waals surface area (Å²) in [5.74, 6) is 0. The van der Waals surface area contributed by atoms with E-state index in [2.05, 4.69) is 50.7 Å². The fourth-order valence-electron chi connectivity index (χ4n) is 1.35. The molecule has 0 atom stereocenters. The molecule has 0 aliphatic carbocycles. The molecular formula is C12H24N2S2. The smallest absolute Gasteiger partial charge is 0.0746 e. The van der Waals surface area contributed by atoms with Crippen molar-refractivity contribution in [1.29, 1.82) is 0 Å². The van der Waals surface area contributed by atoms with Gasteiger partial charge in [0.2, 0.25) is 0 Å². The summed E-state index contributed by atoms with van der Waals surface area (Å²) in [6.45, 7) is 20.8. The molecule has 0 aromatic rings. The third-order valence-electron chi connectivity index (χ3n) is 2.47. The van der Waals surface area contributed by atoms with Crippen LogP contribution in [-0.2, 0) is 0 Å². The van der Waals surface area contributed by atoms with E-state index in [-0.39, 0.29) is 0 Å². The molecule has 0 heterocycles. The van der Waals surface area contributed by atoms with E-state index in [4.69, 9.17) is 0 Å². The summed E-state index contributed by atoms with van der Waals surface area (Å²) in [5, 5.41) is 2.23. The number of nitrogens with zero attached hydrogens (tertiary/aromatic N) is 2. The maximum Gasteiger partial charge on any atom is 0.0746 e. The molecule has 2 nitrogen and oxygen atoms in total. The van der Waals surface area contributed by atoms with Gasteiger partial charge in [-0.15, -0.1) is 0 Å². The van der Waals surface area contributed by atoms with Gasteiger partial charge in [0.25, 0.3) is 0 Å². The predicted octanol–water partition coefficient (Wildman–Crippen LogP) is 3.99. The molecule has 0 spiro atoms. The van der Waals surface area contributed by atoms with Crippen molar-refractivity contribution in [2.45, 2.75) is 27.7 Å². The van der Waals surface area contributed by atoms with Crippen LogP contribution in [0.1, 0.15) is 27.7 Å². The zero-order chi connectivity index (χ0) is 12.6. The lowest BCUT2D eigenvalue weighted by Gasteiger charge is -2.25. The van der Waals surface area contributed by atoms with Gasteiger partial charge in [-0.05, 0) is 49.3 Å². The molecule has 0 unspecified atom stereocenters. The molecule has 0 bridgehead atoms. The third-order valence-corrected chi connectivity index (χ3v) is 4.86. The van der Waals surface area contributed by atoms with Gasteiger partial charge in [0, 0.05) is 26.2 Å². The van der Waals surface area contributed by atoms with Crippen LogP contribution in [-0.4, -0.2) is 36.0 Å². The summed E-state index contributed by atoms with van der Waals surface area (Å²) in [6.07, 6.45) is 0. The second-order valence-corrected chi connectivity index (χ2v) is 5.57. The molecule has 0 saturated carbocycles. The van der Waals surface area contributed by atoms with Gasteiger partial charge in [0.1, 0.15) is 0 Å². The van der Waals surface area contributed by atoms with Gasteiger partial charge in [0.05, 0.1) is 10.1 Å². The first kappa shape index (κ1) is 15.8. The van der Waals surface area contributed by atoms with Crippen molar-refractivity contribution in [2.24, 2.45) is 0 Å². The molecule has 0 saturated heterocycles. The van der Waals surface area contributed by atoms with Crippen molar-refractivity contribution in [1.82, 2.24) is 9.80 Å². The summed E-state index contributed by atoms with van der Waals surface area (Å²) in [7, 11) is 3.42. The second kappa shape index (κ2) is 8.88. The van der Waals surface area contributed by atoms with Crippen LogP contribution >= 0.6 is 21.6 Å². The summed E-state index contributed by atoms with van der Waals surface area (Å²) in [4.78, 5) is 4.51. The van der Waals surface area contributed by atoms with Crippen molar-refractivity contribution in [2.75, 3.05) is 26.2 Å². The lowest BCUT2D eigenvalue weighted by molar-refractivity contribution is 0.409. The minimum Gasteiger partial charge on any atom is -0.367 e. The number of hydrogen-bond donors (Lipinski definition) is 0. The largest absolute Gasteiger partial charge is 0.367 e. The van der Waals surface area contributed by atoms with E-state index in [1.54, 1.807) is 21.6 Å². The fraction of sp³-hybridized carbons (Fsp3) is 0.667. The SMILES string of the molecule is C=C(SSC(=C)N(CC)CC)N(CC)CC. The van der Waals surface area contributed by atoms with Crippen LogP contribution in [0.2, 0.25) is 0 Å². The molecule has 0 radical (unpaired) electrons. The highest BCUT2D eigenvalue weighted by molar-refractivity contribution is 8.79. The minimum atomic E-state index is 1.01. The van der Waals surface area contributed by atoms with Gasteiger partial charge in [-0.1, -0.05) is 13.2 Å². The van der Waals surface area contributed by atoms with Gasteiger partial charge < -0.3 is 9.80 Å². The normalized spacial score (nSPS) is 10.0. The van der Waals surface area contributed by atoms with E-state index in [1.807, 2.05) is 0 Å². The van der Waals surface area contributed by atoms with Gasteiger partial charge in [-0.3, -0.25) is 0 Å². The highest BCUT2D eigenvalue weighted by atomic mass is 33.1. The predicted molar refractivity (Wildman–Crippen MR) is 79.3 cm³/mol. The van der Waals surface area contributed by atoms with E-state index < -0.39 is 0 Å². The Labute approximate surface area is 109 Å². The van der Waals surface area contributed by atoms with E-state index >= 15 is 0 Å². The van der Waals surface area contributed by atoms with Crippen LogP contribution in [0.25, 0.3) is 0 Å². The first-order valence-electron chi connectivity index (χ1n) is 5.82. The fourth-order valence-corrected chi connectivity index (χ4v) is 3.48. The van der Waals surface area contributed by atoms with E-state index in [0.717, 1.165) is 36.2 Å². The lowest BCUT2D eigenvalue weighted by atomic mass is 10.5. The highest BCUT2D eigenvalue weighted by Crippen LogP contribution is 2.37. The van der Waals surface area contributed by atoms with Gasteiger partial charge in [-0.25, -0.2) is 0 Å². The first-order chi connectivity index (χ1) is 7.60. The standard InChI is InChI=1S/C12H24N2S2/c1-7-13(8-2)11(5)15-16-12(6)14(9-3)10-4/h5-10H2,1-4H3. The van der Waals surface area contributed by atoms with Crippen molar-refractivity contribution in [3.63, 3.8) is 0 Å². The molecule has 0 rings (SSSR count). The Bertz CT molecular complexity index is 197. The molecule has 0 amide bonds. The quantitative estimate of drug-likeness (QED) is 0.578. The summed E-state index contributed by atoms with van der Waals surface area (Å²) in [5.41, 5.74) is 0.